The predicted molar refractivity (Wildman–Crippen MR) is 94.3 cm³/mol. The number of aryl methyl sites for hydroxylation is 1. The van der Waals surface area contributed by atoms with E-state index in [0.29, 0.717) is 6.04 Å². The van der Waals surface area contributed by atoms with Crippen LogP contribution in [0.5, 0.6) is 0 Å². The van der Waals surface area contributed by atoms with Gasteiger partial charge in [-0.15, -0.1) is 0 Å². The fourth-order valence-corrected chi connectivity index (χ4v) is 3.03. The number of rotatable bonds is 5. The Balaban J connectivity index is 1.78. The third-order valence-electron chi connectivity index (χ3n) is 4.46. The van der Waals surface area contributed by atoms with E-state index in [0.717, 1.165) is 25.6 Å². The second kappa shape index (κ2) is 8.79. The second-order valence-corrected chi connectivity index (χ2v) is 6.07. The summed E-state index contributed by atoms with van der Waals surface area (Å²) in [6.45, 7) is 8.52. The quantitative estimate of drug-likeness (QED) is 0.648. The Morgan fingerprint density at radius 1 is 1.23 bits per heavy atom. The van der Waals surface area contributed by atoms with E-state index in [1.54, 1.807) is 0 Å². The van der Waals surface area contributed by atoms with Gasteiger partial charge < -0.3 is 10.6 Å². The fraction of sp³-hybridized carbons (Fsp3) is 0.611. The molecule has 0 radical (unpaired) electrons. The second-order valence-electron chi connectivity index (χ2n) is 6.07. The summed E-state index contributed by atoms with van der Waals surface area (Å²) in [6.07, 6.45) is 3.97. The van der Waals surface area contributed by atoms with Crippen molar-refractivity contribution in [3.05, 3.63) is 35.4 Å². The fourth-order valence-electron chi connectivity index (χ4n) is 3.03. The molecule has 0 amide bonds. The molecule has 1 atom stereocenters. The van der Waals surface area contributed by atoms with Gasteiger partial charge in [-0.1, -0.05) is 43.2 Å². The first kappa shape index (κ1) is 16.8. The van der Waals surface area contributed by atoms with Crippen molar-refractivity contribution in [2.45, 2.75) is 45.7 Å². The van der Waals surface area contributed by atoms with Gasteiger partial charge >= 0.3 is 0 Å². The molecule has 22 heavy (non-hydrogen) atoms. The minimum absolute atomic E-state index is 0.636. The maximum absolute atomic E-state index is 4.33. The van der Waals surface area contributed by atoms with Crippen LogP contribution in [-0.2, 0) is 6.54 Å². The molecule has 2 N–H and O–H groups in total. The van der Waals surface area contributed by atoms with Crippen LogP contribution in [0.25, 0.3) is 0 Å². The van der Waals surface area contributed by atoms with Crippen molar-refractivity contribution in [2.24, 2.45) is 4.99 Å². The van der Waals surface area contributed by atoms with Gasteiger partial charge in [0.2, 0.25) is 0 Å². The van der Waals surface area contributed by atoms with Crippen molar-refractivity contribution in [1.82, 2.24) is 15.5 Å². The largest absolute Gasteiger partial charge is 0.355 e. The summed E-state index contributed by atoms with van der Waals surface area (Å²) in [5, 5.41) is 6.88. The average molecular weight is 302 g/mol. The van der Waals surface area contributed by atoms with E-state index in [1.165, 1.54) is 36.9 Å². The molecule has 1 aliphatic heterocycles. The van der Waals surface area contributed by atoms with E-state index in [1.807, 2.05) is 7.05 Å². The van der Waals surface area contributed by atoms with E-state index in [-0.39, 0.29) is 0 Å². The van der Waals surface area contributed by atoms with Crippen LogP contribution < -0.4 is 10.6 Å². The van der Waals surface area contributed by atoms with Crippen LogP contribution in [0.15, 0.2) is 29.3 Å². The van der Waals surface area contributed by atoms with Crippen molar-refractivity contribution >= 4 is 5.96 Å². The van der Waals surface area contributed by atoms with Gasteiger partial charge in [0.1, 0.15) is 0 Å². The normalized spacial score (nSPS) is 20.0. The number of likely N-dealkylation sites (N-methyl/N-ethyl adjacent to an activating group) is 1. The minimum atomic E-state index is 0.636. The Kier molecular flexibility index (Phi) is 6.72. The van der Waals surface area contributed by atoms with Crippen molar-refractivity contribution in [2.75, 3.05) is 26.7 Å². The highest BCUT2D eigenvalue weighted by Crippen LogP contribution is 2.15. The zero-order valence-electron chi connectivity index (χ0n) is 14.2. The van der Waals surface area contributed by atoms with E-state index < -0.39 is 0 Å². The molecule has 0 saturated carbocycles. The van der Waals surface area contributed by atoms with Crippen LogP contribution >= 0.6 is 0 Å². The molecular weight excluding hydrogens is 272 g/mol. The number of aliphatic imine (C=N–C) groups is 1. The highest BCUT2D eigenvalue weighted by Gasteiger charge is 2.20. The van der Waals surface area contributed by atoms with Crippen LogP contribution in [0.1, 0.15) is 37.3 Å². The molecule has 1 aliphatic rings. The molecule has 0 spiro atoms. The number of guanidine groups is 1. The van der Waals surface area contributed by atoms with Crippen LogP contribution in [0, 0.1) is 6.92 Å². The summed E-state index contributed by atoms with van der Waals surface area (Å²) in [4.78, 5) is 6.91. The Labute approximate surface area is 135 Å². The lowest BCUT2D eigenvalue weighted by Crippen LogP contribution is -2.48. The molecular formula is C18H30N4. The van der Waals surface area contributed by atoms with Crippen LogP contribution in [0.2, 0.25) is 0 Å². The van der Waals surface area contributed by atoms with Gasteiger partial charge in [0.25, 0.3) is 0 Å². The summed E-state index contributed by atoms with van der Waals surface area (Å²) < 4.78 is 0. The number of benzene rings is 1. The molecule has 4 heteroatoms. The molecule has 1 aromatic rings. The number of nitrogens with zero attached hydrogens (tertiary/aromatic N) is 2. The van der Waals surface area contributed by atoms with Crippen molar-refractivity contribution in [3.8, 4) is 0 Å². The highest BCUT2D eigenvalue weighted by atomic mass is 15.2. The van der Waals surface area contributed by atoms with Gasteiger partial charge in [0.15, 0.2) is 5.96 Å². The van der Waals surface area contributed by atoms with E-state index in [2.05, 4.69) is 58.6 Å². The average Bonchev–Trinajstić information content (AvgIpc) is 2.57. The van der Waals surface area contributed by atoms with Gasteiger partial charge in [-0.05, 0) is 38.4 Å². The van der Waals surface area contributed by atoms with Crippen molar-refractivity contribution in [3.63, 3.8) is 0 Å². The van der Waals surface area contributed by atoms with Gasteiger partial charge in [-0.3, -0.25) is 9.89 Å². The molecule has 4 nitrogen and oxygen atoms in total. The number of hydrogen-bond acceptors (Lipinski definition) is 2. The van der Waals surface area contributed by atoms with E-state index in [9.17, 15) is 0 Å². The lowest BCUT2D eigenvalue weighted by atomic mass is 10.0. The first-order valence-electron chi connectivity index (χ1n) is 8.47. The topological polar surface area (TPSA) is 39.7 Å². The summed E-state index contributed by atoms with van der Waals surface area (Å²) in [5.74, 6) is 0.891. The third kappa shape index (κ3) is 5.02. The zero-order chi connectivity index (χ0) is 15.8. The molecule has 0 aliphatic carbocycles. The van der Waals surface area contributed by atoms with E-state index in [4.69, 9.17) is 0 Å². The van der Waals surface area contributed by atoms with Crippen LogP contribution in [0.3, 0.4) is 0 Å². The first-order valence-corrected chi connectivity index (χ1v) is 8.47. The maximum Gasteiger partial charge on any atom is 0.191 e. The molecule has 0 bridgehead atoms. The van der Waals surface area contributed by atoms with Crippen molar-refractivity contribution < 1.29 is 0 Å². The molecule has 122 valence electrons. The molecule has 1 unspecified atom stereocenters. The Hall–Kier alpha value is -1.55. The summed E-state index contributed by atoms with van der Waals surface area (Å²) >= 11 is 0. The van der Waals surface area contributed by atoms with Gasteiger partial charge in [-0.25, -0.2) is 0 Å². The third-order valence-corrected chi connectivity index (χ3v) is 4.46. The highest BCUT2D eigenvalue weighted by molar-refractivity contribution is 5.79. The van der Waals surface area contributed by atoms with Gasteiger partial charge in [-0.2, -0.15) is 0 Å². The molecule has 0 aromatic heterocycles. The Bertz CT molecular complexity index is 466. The van der Waals surface area contributed by atoms with E-state index >= 15 is 0 Å². The van der Waals surface area contributed by atoms with Crippen LogP contribution in [-0.4, -0.2) is 43.6 Å². The minimum Gasteiger partial charge on any atom is -0.355 e. The van der Waals surface area contributed by atoms with Crippen LogP contribution in [0.4, 0.5) is 0 Å². The summed E-state index contributed by atoms with van der Waals surface area (Å²) in [7, 11) is 1.84. The van der Waals surface area contributed by atoms with Gasteiger partial charge in [0.05, 0.1) is 0 Å². The number of likely N-dealkylation sites (tertiary alicyclic amines) is 1. The monoisotopic (exact) mass is 302 g/mol. The first-order chi connectivity index (χ1) is 10.7. The lowest BCUT2D eigenvalue weighted by molar-refractivity contribution is 0.157. The lowest BCUT2D eigenvalue weighted by Gasteiger charge is -2.35. The molecule has 1 aromatic carbocycles. The SMILES string of the molecule is CCN1CCCCC1CNC(=NC)NCc1ccc(C)cc1. The number of hydrogen-bond donors (Lipinski definition) is 2. The Morgan fingerprint density at radius 2 is 2.00 bits per heavy atom. The predicted octanol–water partition coefficient (Wildman–Crippen LogP) is 2.53. The maximum atomic E-state index is 4.33. The summed E-state index contributed by atoms with van der Waals surface area (Å²) in [6, 6.07) is 9.25. The van der Waals surface area contributed by atoms with Gasteiger partial charge in [0, 0.05) is 26.2 Å². The Morgan fingerprint density at radius 3 is 2.68 bits per heavy atom. The zero-order valence-corrected chi connectivity index (χ0v) is 14.2. The van der Waals surface area contributed by atoms with Crippen molar-refractivity contribution in [1.29, 1.82) is 0 Å². The summed E-state index contributed by atoms with van der Waals surface area (Å²) in [5.41, 5.74) is 2.57. The molecule has 1 saturated heterocycles. The number of piperidine rings is 1. The smallest absolute Gasteiger partial charge is 0.191 e. The number of nitrogens with one attached hydrogen (secondary N) is 2. The molecule has 1 fully saturated rings. The molecule has 1 heterocycles. The standard InChI is InChI=1S/C18H30N4/c1-4-22-12-6-5-7-17(22)14-21-18(19-3)20-13-16-10-8-15(2)9-11-16/h8-11,17H,4-7,12-14H2,1-3H3,(H2,19,20,21). The molecule has 2 rings (SSSR count).